The Morgan fingerprint density at radius 3 is 2.43 bits per heavy atom. The number of aromatic nitrogens is 1. The van der Waals surface area contributed by atoms with Crippen molar-refractivity contribution in [3.05, 3.63) is 69.4 Å². The minimum Gasteiger partial charge on any atom is -0.393 e. The van der Waals surface area contributed by atoms with Crippen molar-refractivity contribution in [3.8, 4) is 0 Å². The van der Waals surface area contributed by atoms with Crippen LogP contribution in [-0.4, -0.2) is 33.1 Å². The highest BCUT2D eigenvalue weighted by molar-refractivity contribution is 5.95. The van der Waals surface area contributed by atoms with Crippen molar-refractivity contribution in [3.63, 3.8) is 0 Å². The first-order valence-electron chi connectivity index (χ1n) is 10.9. The number of pyridine rings is 1. The molecule has 1 aliphatic carbocycles. The van der Waals surface area contributed by atoms with Crippen molar-refractivity contribution >= 4 is 5.91 Å². The summed E-state index contributed by atoms with van der Waals surface area (Å²) < 4.78 is 15.1. The quantitative estimate of drug-likeness (QED) is 0.824. The Bertz CT molecular complexity index is 961. The van der Waals surface area contributed by atoms with Crippen molar-refractivity contribution in [1.82, 2.24) is 9.47 Å². The van der Waals surface area contributed by atoms with Crippen LogP contribution in [0.3, 0.4) is 0 Å². The van der Waals surface area contributed by atoms with Crippen LogP contribution in [0.4, 0.5) is 4.39 Å². The molecule has 30 heavy (non-hydrogen) atoms. The van der Waals surface area contributed by atoms with E-state index in [2.05, 4.69) is 0 Å². The smallest absolute Gasteiger partial charge is 0.263 e. The zero-order valence-electron chi connectivity index (χ0n) is 17.4. The topological polar surface area (TPSA) is 62.5 Å². The van der Waals surface area contributed by atoms with Crippen molar-refractivity contribution < 1.29 is 14.3 Å². The third kappa shape index (κ3) is 4.06. The summed E-state index contributed by atoms with van der Waals surface area (Å²) >= 11 is 0. The monoisotopic (exact) mass is 412 g/mol. The van der Waals surface area contributed by atoms with Crippen LogP contribution < -0.4 is 5.56 Å². The van der Waals surface area contributed by atoms with Gasteiger partial charge in [0.1, 0.15) is 11.4 Å². The normalized spacial score (nSPS) is 24.6. The van der Waals surface area contributed by atoms with Crippen LogP contribution in [0.15, 0.2) is 41.3 Å². The highest BCUT2D eigenvalue weighted by atomic mass is 19.1. The molecule has 1 saturated carbocycles. The first-order valence-corrected chi connectivity index (χ1v) is 10.9. The molecule has 2 aromatic rings. The number of aliphatic hydroxyl groups is 1. The van der Waals surface area contributed by atoms with Gasteiger partial charge in [-0.05, 0) is 81.2 Å². The zero-order chi connectivity index (χ0) is 21.3. The number of nitrogens with zero attached hydrogens (tertiary/aromatic N) is 2. The van der Waals surface area contributed by atoms with Gasteiger partial charge in [-0.3, -0.25) is 9.59 Å². The molecule has 1 amide bonds. The molecule has 2 fully saturated rings. The standard InChI is InChI=1S/C24H29FN2O3/c1-16-13-15-26(19-9-11-20(28)12-10-19)23(29)22(16)24(30)27-14-3-2-4-21(27)17-5-7-18(25)8-6-17/h5-8,13,15,19-21,28H,2-4,9-12,14H2,1H3. The van der Waals surface area contributed by atoms with E-state index in [9.17, 15) is 19.1 Å². The van der Waals surface area contributed by atoms with Gasteiger partial charge in [-0.25, -0.2) is 4.39 Å². The van der Waals surface area contributed by atoms with Crippen LogP contribution in [0, 0.1) is 12.7 Å². The first-order chi connectivity index (χ1) is 14.5. The lowest BCUT2D eigenvalue weighted by Crippen LogP contribution is -2.42. The predicted octanol–water partition coefficient (Wildman–Crippen LogP) is 4.14. The average molecular weight is 413 g/mol. The fourth-order valence-electron chi connectivity index (χ4n) is 4.87. The van der Waals surface area contributed by atoms with Gasteiger partial charge in [-0.2, -0.15) is 0 Å². The molecule has 4 rings (SSSR count). The molecule has 1 aliphatic heterocycles. The highest BCUT2D eigenvalue weighted by Gasteiger charge is 2.32. The number of carbonyl (C=O) groups is 1. The van der Waals surface area contributed by atoms with Gasteiger partial charge in [0.15, 0.2) is 0 Å². The number of hydrogen-bond donors (Lipinski definition) is 1. The van der Waals surface area contributed by atoms with Gasteiger partial charge in [0, 0.05) is 18.8 Å². The fraction of sp³-hybridized carbons (Fsp3) is 0.500. The Kier molecular flexibility index (Phi) is 6.04. The van der Waals surface area contributed by atoms with Crippen molar-refractivity contribution in [2.45, 2.75) is 70.1 Å². The third-order valence-corrected chi connectivity index (χ3v) is 6.62. The van der Waals surface area contributed by atoms with Gasteiger partial charge in [-0.15, -0.1) is 0 Å². The molecule has 2 heterocycles. The van der Waals surface area contributed by atoms with E-state index in [4.69, 9.17) is 0 Å². The highest BCUT2D eigenvalue weighted by Crippen LogP contribution is 2.33. The summed E-state index contributed by atoms with van der Waals surface area (Å²) in [5.41, 5.74) is 1.57. The van der Waals surface area contributed by atoms with Gasteiger partial charge in [0.25, 0.3) is 11.5 Å². The van der Waals surface area contributed by atoms with Crippen LogP contribution in [-0.2, 0) is 0 Å². The van der Waals surface area contributed by atoms with Crippen molar-refractivity contribution in [2.24, 2.45) is 0 Å². The van der Waals surface area contributed by atoms with Crippen LogP contribution in [0.1, 0.15) is 78.5 Å². The second-order valence-corrected chi connectivity index (χ2v) is 8.61. The zero-order valence-corrected chi connectivity index (χ0v) is 17.4. The van der Waals surface area contributed by atoms with Crippen molar-refractivity contribution in [2.75, 3.05) is 6.54 Å². The molecule has 1 N–H and O–H groups in total. The average Bonchev–Trinajstić information content (AvgIpc) is 2.75. The molecule has 6 heteroatoms. The lowest BCUT2D eigenvalue weighted by atomic mass is 9.92. The number of carbonyl (C=O) groups excluding carboxylic acids is 1. The minimum atomic E-state index is -0.299. The Labute approximate surface area is 176 Å². The molecule has 5 nitrogen and oxygen atoms in total. The number of amides is 1. The molecule has 1 aromatic carbocycles. The van der Waals surface area contributed by atoms with Crippen LogP contribution in [0.25, 0.3) is 0 Å². The largest absolute Gasteiger partial charge is 0.393 e. The molecule has 0 bridgehead atoms. The van der Waals surface area contributed by atoms with E-state index in [0.717, 1.165) is 37.7 Å². The summed E-state index contributed by atoms with van der Waals surface area (Å²) in [6.45, 7) is 2.39. The number of likely N-dealkylation sites (tertiary alicyclic amines) is 1. The molecule has 0 radical (unpaired) electrons. The Morgan fingerprint density at radius 2 is 1.73 bits per heavy atom. The SMILES string of the molecule is Cc1ccn(C2CCC(O)CC2)c(=O)c1C(=O)N1CCCCC1c1ccc(F)cc1. The maximum absolute atomic E-state index is 13.6. The van der Waals surface area contributed by atoms with Gasteiger partial charge < -0.3 is 14.6 Å². The fourth-order valence-corrected chi connectivity index (χ4v) is 4.87. The predicted molar refractivity (Wildman–Crippen MR) is 113 cm³/mol. The number of rotatable bonds is 3. The second kappa shape index (κ2) is 8.72. The molecule has 1 aromatic heterocycles. The second-order valence-electron chi connectivity index (χ2n) is 8.61. The first kappa shape index (κ1) is 20.8. The van der Waals surface area contributed by atoms with Crippen LogP contribution >= 0.6 is 0 Å². The third-order valence-electron chi connectivity index (χ3n) is 6.62. The Morgan fingerprint density at radius 1 is 1.03 bits per heavy atom. The summed E-state index contributed by atoms with van der Waals surface area (Å²) in [6, 6.07) is 8.02. The lowest BCUT2D eigenvalue weighted by Gasteiger charge is -2.36. The summed E-state index contributed by atoms with van der Waals surface area (Å²) in [7, 11) is 0. The summed E-state index contributed by atoms with van der Waals surface area (Å²) in [5, 5.41) is 9.78. The van der Waals surface area contributed by atoms with Crippen LogP contribution in [0.5, 0.6) is 0 Å². The van der Waals surface area contributed by atoms with Crippen LogP contribution in [0.2, 0.25) is 0 Å². The van der Waals surface area contributed by atoms with E-state index >= 15 is 0 Å². The lowest BCUT2D eigenvalue weighted by molar-refractivity contribution is 0.0606. The Balaban J connectivity index is 1.66. The molecule has 0 spiro atoms. The molecule has 2 aliphatic rings. The van der Waals surface area contributed by atoms with Gasteiger partial charge in [0.05, 0.1) is 12.1 Å². The maximum Gasteiger partial charge on any atom is 0.263 e. The van der Waals surface area contributed by atoms with E-state index in [1.807, 2.05) is 6.07 Å². The summed E-state index contributed by atoms with van der Waals surface area (Å²) in [6.07, 6.45) is 6.99. The molecule has 1 saturated heterocycles. The number of benzene rings is 1. The van der Waals surface area contributed by atoms with Gasteiger partial charge >= 0.3 is 0 Å². The van der Waals surface area contributed by atoms with E-state index in [1.54, 1.807) is 34.7 Å². The molecule has 1 unspecified atom stereocenters. The van der Waals surface area contributed by atoms with E-state index in [-0.39, 0.29) is 41.0 Å². The summed E-state index contributed by atoms with van der Waals surface area (Å²) in [4.78, 5) is 28.7. The number of aryl methyl sites for hydroxylation is 1. The van der Waals surface area contributed by atoms with Crippen molar-refractivity contribution in [1.29, 1.82) is 0 Å². The maximum atomic E-state index is 13.6. The Hall–Kier alpha value is -2.47. The number of aliphatic hydroxyl groups excluding tert-OH is 1. The minimum absolute atomic E-state index is 0.0160. The number of halogens is 1. The molecular weight excluding hydrogens is 383 g/mol. The van der Waals surface area contributed by atoms with Gasteiger partial charge in [-0.1, -0.05) is 12.1 Å². The molecule has 1 atom stereocenters. The molecular formula is C24H29FN2O3. The van der Waals surface area contributed by atoms with E-state index < -0.39 is 0 Å². The number of hydrogen-bond acceptors (Lipinski definition) is 3. The number of piperidine rings is 1. The van der Waals surface area contributed by atoms with Gasteiger partial charge in [0.2, 0.25) is 0 Å². The van der Waals surface area contributed by atoms with E-state index in [0.29, 0.717) is 24.9 Å². The van der Waals surface area contributed by atoms with E-state index in [1.165, 1.54) is 12.1 Å². The molecule has 160 valence electrons. The summed E-state index contributed by atoms with van der Waals surface area (Å²) in [5.74, 6) is -0.538.